The molecule has 0 atom stereocenters. The number of nitrogens with two attached hydrogens (primary N) is 1. The lowest BCUT2D eigenvalue weighted by Gasteiger charge is -2.30. The summed E-state index contributed by atoms with van der Waals surface area (Å²) in [5.41, 5.74) is 8.32. The Bertz CT molecular complexity index is 935. The molecule has 0 unspecified atom stereocenters. The number of carbonyl (C=O) groups excluding carboxylic acids is 2. The smallest absolute Gasteiger partial charge is 0.338 e. The first-order valence-corrected chi connectivity index (χ1v) is 10.7. The first-order valence-electron chi connectivity index (χ1n) is 10.7. The molecule has 0 aliphatic heterocycles. The Hall–Kier alpha value is -3.02. The van der Waals surface area contributed by atoms with E-state index in [1.165, 1.54) is 5.56 Å². The van der Waals surface area contributed by atoms with Crippen LogP contribution in [0, 0.1) is 0 Å². The van der Waals surface area contributed by atoms with Crippen molar-refractivity contribution in [3.8, 4) is 5.75 Å². The predicted molar refractivity (Wildman–Crippen MR) is 125 cm³/mol. The van der Waals surface area contributed by atoms with E-state index in [9.17, 15) is 9.59 Å². The zero-order chi connectivity index (χ0) is 23.2. The second-order valence-corrected chi connectivity index (χ2v) is 9.02. The minimum atomic E-state index is -0.785. The molecule has 3 amide bonds. The monoisotopic (exact) mass is 424 g/mol. The zero-order valence-electron chi connectivity index (χ0n) is 19.4. The molecule has 0 bridgehead atoms. The van der Waals surface area contributed by atoms with Gasteiger partial charge in [-0.25, -0.2) is 4.79 Å². The van der Waals surface area contributed by atoms with Crippen molar-refractivity contribution in [3.63, 3.8) is 0 Å². The number of anilines is 1. The molecule has 0 aliphatic carbocycles. The fourth-order valence-corrected chi connectivity index (χ4v) is 3.12. The van der Waals surface area contributed by atoms with Crippen LogP contribution < -0.4 is 21.1 Å². The van der Waals surface area contributed by atoms with Crippen LogP contribution in [0.3, 0.4) is 0 Å². The fraction of sp³-hybridized carbons (Fsp3) is 0.440. The molecule has 167 valence electrons. The molecule has 0 heterocycles. The van der Waals surface area contributed by atoms with Crippen LogP contribution in [0.1, 0.15) is 65.5 Å². The number of nitrogens with one attached hydrogen (secondary N) is 1. The van der Waals surface area contributed by atoms with Crippen LogP contribution in [-0.4, -0.2) is 18.5 Å². The summed E-state index contributed by atoms with van der Waals surface area (Å²) in [5.74, 6) is 0.421. The van der Waals surface area contributed by atoms with Gasteiger partial charge in [0.1, 0.15) is 5.75 Å². The topological polar surface area (TPSA) is 95.5 Å². The van der Waals surface area contributed by atoms with E-state index in [0.29, 0.717) is 11.4 Å². The molecular weight excluding hydrogens is 390 g/mol. The third-order valence-corrected chi connectivity index (χ3v) is 5.99. The van der Waals surface area contributed by atoms with Crippen molar-refractivity contribution in [2.24, 2.45) is 5.73 Å². The van der Waals surface area contributed by atoms with Crippen molar-refractivity contribution in [2.45, 2.75) is 65.2 Å². The molecule has 2 aromatic carbocycles. The predicted octanol–water partition coefficient (Wildman–Crippen LogP) is 5.39. The van der Waals surface area contributed by atoms with E-state index in [4.69, 9.17) is 10.5 Å². The van der Waals surface area contributed by atoms with Gasteiger partial charge < -0.3 is 15.8 Å². The molecule has 0 fully saturated rings. The number of hydrogen-bond acceptors (Lipinski definition) is 3. The first kappa shape index (κ1) is 24.3. The lowest BCUT2D eigenvalue weighted by atomic mass is 9.76. The Morgan fingerprint density at radius 2 is 1.68 bits per heavy atom. The number of ether oxygens (including phenoxy) is 1. The molecule has 0 aromatic heterocycles. The van der Waals surface area contributed by atoms with Crippen molar-refractivity contribution in [1.82, 2.24) is 5.32 Å². The Labute approximate surface area is 185 Å². The van der Waals surface area contributed by atoms with E-state index < -0.39 is 6.03 Å². The molecule has 0 spiro atoms. The maximum atomic E-state index is 12.5. The van der Waals surface area contributed by atoms with Gasteiger partial charge in [0, 0.05) is 11.3 Å². The summed E-state index contributed by atoms with van der Waals surface area (Å²) >= 11 is 0. The summed E-state index contributed by atoms with van der Waals surface area (Å²) in [6.45, 7) is 13.1. The Morgan fingerprint density at radius 3 is 2.29 bits per heavy atom. The summed E-state index contributed by atoms with van der Waals surface area (Å²) in [6, 6.07) is 12.1. The highest BCUT2D eigenvalue weighted by molar-refractivity contribution is 5.92. The fourth-order valence-electron chi connectivity index (χ4n) is 3.12. The van der Waals surface area contributed by atoms with Crippen molar-refractivity contribution in [1.29, 1.82) is 0 Å². The highest BCUT2D eigenvalue weighted by Gasteiger charge is 2.26. The molecule has 0 saturated carbocycles. The average Bonchev–Trinajstić information content (AvgIpc) is 2.71. The SMILES string of the molecule is CCC(C)(C)c1ccc(OCC(=O)Nc2cccc([N]C(N)=O)c2)c(C(C)(C)CC)c1. The standard InChI is InChI=1S/C25H34N3O3/c1-7-24(3,4)17-12-13-21(20(14-17)25(5,6)8-2)31-16-22(29)27-18-10-9-11-19(15-18)28-23(26)30/h9-15H,7-8,16H2,1-6H3,(H2,26,30)(H,27,29). The molecule has 2 aromatic rings. The Balaban J connectivity index is 2.17. The maximum Gasteiger partial charge on any atom is 0.338 e. The number of nitrogens with zero attached hydrogens (tertiary/aromatic N) is 1. The summed E-state index contributed by atoms with van der Waals surface area (Å²) in [7, 11) is 0. The second kappa shape index (κ2) is 9.86. The number of benzene rings is 2. The molecule has 3 N–H and O–H groups in total. The number of carbonyl (C=O) groups is 2. The van der Waals surface area contributed by atoms with Gasteiger partial charge in [0.2, 0.25) is 0 Å². The summed E-state index contributed by atoms with van der Waals surface area (Å²) < 4.78 is 5.95. The van der Waals surface area contributed by atoms with Crippen LogP contribution in [-0.2, 0) is 15.6 Å². The molecule has 0 aliphatic rings. The number of amides is 3. The molecule has 1 radical (unpaired) electrons. The number of primary amides is 1. The van der Waals surface area contributed by atoms with E-state index in [1.807, 2.05) is 6.07 Å². The van der Waals surface area contributed by atoms with Crippen LogP contribution in [0.15, 0.2) is 42.5 Å². The number of hydrogen-bond donors (Lipinski definition) is 2. The quantitative estimate of drug-likeness (QED) is 0.564. The molecule has 0 saturated heterocycles. The van der Waals surface area contributed by atoms with Gasteiger partial charge in [0.15, 0.2) is 6.61 Å². The maximum absolute atomic E-state index is 12.5. The summed E-state index contributed by atoms with van der Waals surface area (Å²) in [5, 5.41) is 6.43. The minimum Gasteiger partial charge on any atom is -0.483 e. The Morgan fingerprint density at radius 1 is 1.00 bits per heavy atom. The van der Waals surface area contributed by atoms with E-state index in [2.05, 4.69) is 64.3 Å². The molecule has 31 heavy (non-hydrogen) atoms. The van der Waals surface area contributed by atoms with Gasteiger partial charge in [-0.05, 0) is 53.5 Å². The van der Waals surface area contributed by atoms with Crippen molar-refractivity contribution >= 4 is 23.3 Å². The summed E-state index contributed by atoms with van der Waals surface area (Å²) in [4.78, 5) is 23.4. The van der Waals surface area contributed by atoms with Gasteiger partial charge in [-0.1, -0.05) is 59.7 Å². The first-order chi connectivity index (χ1) is 14.5. The summed E-state index contributed by atoms with van der Waals surface area (Å²) in [6.07, 6.45) is 1.98. The highest BCUT2D eigenvalue weighted by atomic mass is 16.5. The molecule has 2 rings (SSSR count). The normalized spacial score (nSPS) is 11.7. The van der Waals surface area contributed by atoms with E-state index in [1.54, 1.807) is 24.3 Å². The van der Waals surface area contributed by atoms with E-state index >= 15 is 0 Å². The van der Waals surface area contributed by atoms with E-state index in [0.717, 1.165) is 24.2 Å². The van der Waals surface area contributed by atoms with Crippen molar-refractivity contribution in [3.05, 3.63) is 53.6 Å². The van der Waals surface area contributed by atoms with Crippen LogP contribution >= 0.6 is 0 Å². The van der Waals surface area contributed by atoms with E-state index in [-0.39, 0.29) is 23.3 Å². The van der Waals surface area contributed by atoms with Gasteiger partial charge in [-0.3, -0.25) is 4.79 Å². The number of rotatable bonds is 9. The molecule has 6 nitrogen and oxygen atoms in total. The second-order valence-electron chi connectivity index (χ2n) is 9.02. The third kappa shape index (κ3) is 6.48. The van der Waals surface area contributed by atoms with Crippen LogP contribution in [0.2, 0.25) is 0 Å². The van der Waals surface area contributed by atoms with Crippen molar-refractivity contribution < 1.29 is 14.3 Å². The zero-order valence-corrected chi connectivity index (χ0v) is 19.4. The molecule has 6 heteroatoms. The average molecular weight is 425 g/mol. The van der Waals surface area contributed by atoms with Gasteiger partial charge in [-0.15, -0.1) is 0 Å². The van der Waals surface area contributed by atoms with Gasteiger partial charge in [0.25, 0.3) is 5.91 Å². The largest absolute Gasteiger partial charge is 0.483 e. The van der Waals surface area contributed by atoms with Crippen LogP contribution in [0.4, 0.5) is 16.2 Å². The van der Waals surface area contributed by atoms with Crippen LogP contribution in [0.5, 0.6) is 5.75 Å². The van der Waals surface area contributed by atoms with Gasteiger partial charge >= 0.3 is 6.03 Å². The minimum absolute atomic E-state index is 0.0649. The highest BCUT2D eigenvalue weighted by Crippen LogP contribution is 2.38. The van der Waals surface area contributed by atoms with Crippen molar-refractivity contribution in [2.75, 3.05) is 11.9 Å². The lowest BCUT2D eigenvalue weighted by Crippen LogP contribution is -2.24. The van der Waals surface area contributed by atoms with Gasteiger partial charge in [-0.2, -0.15) is 5.32 Å². The molecular formula is C25H34N3O3. The number of urea groups is 1. The van der Waals surface area contributed by atoms with Gasteiger partial charge in [0.05, 0.1) is 5.69 Å². The lowest BCUT2D eigenvalue weighted by molar-refractivity contribution is -0.118. The third-order valence-electron chi connectivity index (χ3n) is 5.99. The Kier molecular flexibility index (Phi) is 7.71. The van der Waals surface area contributed by atoms with Crippen LogP contribution in [0.25, 0.3) is 0 Å².